The molecule has 2 aromatic rings. The summed E-state index contributed by atoms with van der Waals surface area (Å²) < 4.78 is 13.5. The first kappa shape index (κ1) is 15.5. The number of rotatable bonds is 3. The number of aliphatic carboxylic acids is 1. The average molecular weight is 318 g/mol. The molecule has 1 aromatic heterocycles. The van der Waals surface area contributed by atoms with E-state index in [2.05, 4.69) is 4.98 Å². The molecule has 1 amide bonds. The van der Waals surface area contributed by atoms with E-state index < -0.39 is 11.4 Å². The van der Waals surface area contributed by atoms with Crippen LogP contribution in [0.3, 0.4) is 0 Å². The number of aromatic nitrogens is 1. The Hall–Kier alpha value is -2.37. The average Bonchev–Trinajstić information content (AvgIpc) is 3.02. The summed E-state index contributed by atoms with van der Waals surface area (Å²) in [5.41, 5.74) is 1.52. The van der Waals surface area contributed by atoms with Gasteiger partial charge in [0.05, 0.1) is 11.8 Å². The van der Waals surface area contributed by atoms with Crippen LogP contribution in [0.1, 0.15) is 24.6 Å². The minimum Gasteiger partial charge on any atom is -0.481 e. The van der Waals surface area contributed by atoms with Crippen LogP contribution in [0.5, 0.6) is 0 Å². The largest absolute Gasteiger partial charge is 0.481 e. The quantitative estimate of drug-likeness (QED) is 0.913. The van der Waals surface area contributed by atoms with Gasteiger partial charge in [-0.1, -0.05) is 0 Å². The smallest absolute Gasteiger partial charge is 0.311 e. The van der Waals surface area contributed by atoms with Gasteiger partial charge in [-0.25, -0.2) is 4.39 Å². The number of carbonyl (C=O) groups excluding carboxylic acids is 1. The number of benzene rings is 1. The van der Waals surface area contributed by atoms with Crippen molar-refractivity contribution in [2.45, 2.75) is 26.7 Å². The van der Waals surface area contributed by atoms with Gasteiger partial charge in [0, 0.05) is 29.7 Å². The third kappa shape index (κ3) is 2.69. The summed E-state index contributed by atoms with van der Waals surface area (Å²) in [6, 6.07) is 4.46. The monoisotopic (exact) mass is 318 g/mol. The van der Waals surface area contributed by atoms with Crippen molar-refractivity contribution < 1.29 is 19.1 Å². The van der Waals surface area contributed by atoms with Crippen molar-refractivity contribution in [2.75, 3.05) is 13.1 Å². The van der Waals surface area contributed by atoms with Gasteiger partial charge in [0.1, 0.15) is 5.82 Å². The van der Waals surface area contributed by atoms with Crippen LogP contribution < -0.4 is 0 Å². The second-order valence-corrected chi connectivity index (χ2v) is 6.53. The Labute approximate surface area is 133 Å². The number of aromatic amines is 1. The zero-order valence-electron chi connectivity index (χ0n) is 13.1. The lowest BCUT2D eigenvalue weighted by atomic mass is 9.90. The van der Waals surface area contributed by atoms with Crippen molar-refractivity contribution in [3.05, 3.63) is 35.3 Å². The van der Waals surface area contributed by atoms with Gasteiger partial charge in [0.15, 0.2) is 0 Å². The number of carboxylic acids is 1. The molecule has 0 spiro atoms. The minimum absolute atomic E-state index is 0.122. The summed E-state index contributed by atoms with van der Waals surface area (Å²) in [7, 11) is 0. The number of halogens is 1. The van der Waals surface area contributed by atoms with Gasteiger partial charge in [-0.2, -0.15) is 0 Å². The Balaban J connectivity index is 1.83. The molecule has 23 heavy (non-hydrogen) atoms. The molecular formula is C17H19FN2O3. The van der Waals surface area contributed by atoms with Gasteiger partial charge >= 0.3 is 5.97 Å². The number of likely N-dealkylation sites (tertiary alicyclic amines) is 1. The summed E-state index contributed by atoms with van der Waals surface area (Å²) in [5, 5.41) is 9.96. The second-order valence-electron chi connectivity index (χ2n) is 6.53. The number of nitrogens with one attached hydrogen (secondary N) is 1. The lowest BCUT2D eigenvalue weighted by Crippen LogP contribution is -2.35. The standard InChI is InChI=1S/C17H19FN2O3/c1-10-12(13-7-11(18)3-4-14(13)19-10)8-15(21)20-6-5-17(2,9-20)16(22)23/h3-4,7,19H,5-6,8-9H2,1-2H3,(H,22,23)/t17-/m0/s1. The number of hydrogen-bond donors (Lipinski definition) is 2. The van der Waals surface area contributed by atoms with Crippen LogP contribution in [-0.4, -0.2) is 40.0 Å². The van der Waals surface area contributed by atoms with Gasteiger partial charge in [-0.15, -0.1) is 0 Å². The normalized spacial score (nSPS) is 21.1. The maximum Gasteiger partial charge on any atom is 0.311 e. The number of nitrogens with zero attached hydrogens (tertiary/aromatic N) is 1. The molecule has 0 bridgehead atoms. The van der Waals surface area contributed by atoms with Crippen LogP contribution >= 0.6 is 0 Å². The summed E-state index contributed by atoms with van der Waals surface area (Å²) >= 11 is 0. The molecule has 0 unspecified atom stereocenters. The van der Waals surface area contributed by atoms with Crippen molar-refractivity contribution in [3.63, 3.8) is 0 Å². The lowest BCUT2D eigenvalue weighted by molar-refractivity contribution is -0.147. The van der Waals surface area contributed by atoms with Crippen LogP contribution in [-0.2, 0) is 16.0 Å². The van der Waals surface area contributed by atoms with Crippen LogP contribution in [0, 0.1) is 18.2 Å². The zero-order valence-corrected chi connectivity index (χ0v) is 13.1. The maximum absolute atomic E-state index is 13.5. The van der Waals surface area contributed by atoms with E-state index in [1.165, 1.54) is 12.1 Å². The number of hydrogen-bond acceptors (Lipinski definition) is 2. The van der Waals surface area contributed by atoms with E-state index in [1.807, 2.05) is 6.92 Å². The van der Waals surface area contributed by atoms with Crippen molar-refractivity contribution in [3.8, 4) is 0 Å². The van der Waals surface area contributed by atoms with Gasteiger partial charge in [0.25, 0.3) is 0 Å². The van der Waals surface area contributed by atoms with E-state index in [-0.39, 0.29) is 24.7 Å². The highest BCUT2D eigenvalue weighted by Gasteiger charge is 2.42. The van der Waals surface area contributed by atoms with Crippen LogP contribution in [0.15, 0.2) is 18.2 Å². The number of carboxylic acid groups (broad SMARTS) is 1. The molecule has 3 rings (SSSR count). The third-order valence-electron chi connectivity index (χ3n) is 4.75. The van der Waals surface area contributed by atoms with Gasteiger partial charge in [-0.3, -0.25) is 9.59 Å². The van der Waals surface area contributed by atoms with Gasteiger partial charge < -0.3 is 15.0 Å². The highest BCUT2D eigenvalue weighted by atomic mass is 19.1. The number of H-pyrrole nitrogens is 1. The van der Waals surface area contributed by atoms with Crippen molar-refractivity contribution >= 4 is 22.8 Å². The molecule has 0 aliphatic carbocycles. The third-order valence-corrected chi connectivity index (χ3v) is 4.75. The van der Waals surface area contributed by atoms with E-state index in [9.17, 15) is 19.1 Å². The van der Waals surface area contributed by atoms with Crippen molar-refractivity contribution in [2.24, 2.45) is 5.41 Å². The SMILES string of the molecule is Cc1[nH]c2ccc(F)cc2c1CC(=O)N1CC[C@](C)(C(=O)O)C1. The molecule has 6 heteroatoms. The molecule has 2 N–H and O–H groups in total. The Kier molecular flexibility index (Phi) is 3.62. The Morgan fingerprint density at radius 3 is 2.83 bits per heavy atom. The van der Waals surface area contributed by atoms with E-state index in [1.54, 1.807) is 17.9 Å². The first-order chi connectivity index (χ1) is 10.8. The molecule has 1 atom stereocenters. The van der Waals surface area contributed by atoms with Crippen molar-refractivity contribution in [1.82, 2.24) is 9.88 Å². The zero-order chi connectivity index (χ0) is 16.8. The van der Waals surface area contributed by atoms with E-state index in [4.69, 9.17) is 0 Å². The van der Waals surface area contributed by atoms with Crippen molar-refractivity contribution in [1.29, 1.82) is 0 Å². The topological polar surface area (TPSA) is 73.4 Å². The fraction of sp³-hybridized carbons (Fsp3) is 0.412. The van der Waals surface area contributed by atoms with Gasteiger partial charge in [0.2, 0.25) is 5.91 Å². The first-order valence-electron chi connectivity index (χ1n) is 7.58. The lowest BCUT2D eigenvalue weighted by Gasteiger charge is -2.20. The fourth-order valence-corrected chi connectivity index (χ4v) is 3.19. The summed E-state index contributed by atoms with van der Waals surface area (Å²) in [4.78, 5) is 28.6. The number of fused-ring (bicyclic) bond motifs is 1. The molecule has 1 fully saturated rings. The number of carbonyl (C=O) groups is 2. The molecule has 2 heterocycles. The fourth-order valence-electron chi connectivity index (χ4n) is 3.19. The van der Waals surface area contributed by atoms with Crippen LogP contribution in [0.4, 0.5) is 4.39 Å². The Morgan fingerprint density at radius 2 is 2.17 bits per heavy atom. The van der Waals surface area contributed by atoms with Crippen LogP contribution in [0.2, 0.25) is 0 Å². The molecule has 5 nitrogen and oxygen atoms in total. The Morgan fingerprint density at radius 1 is 1.43 bits per heavy atom. The second kappa shape index (κ2) is 5.37. The highest BCUT2D eigenvalue weighted by Crippen LogP contribution is 2.31. The summed E-state index contributed by atoms with van der Waals surface area (Å²) in [6.07, 6.45) is 0.598. The van der Waals surface area contributed by atoms with Gasteiger partial charge in [-0.05, 0) is 44.0 Å². The molecule has 1 aliphatic heterocycles. The molecule has 1 saturated heterocycles. The van der Waals surface area contributed by atoms with E-state index in [0.717, 1.165) is 16.8 Å². The molecule has 0 radical (unpaired) electrons. The van der Waals surface area contributed by atoms with E-state index in [0.29, 0.717) is 18.4 Å². The molecule has 0 saturated carbocycles. The van der Waals surface area contributed by atoms with E-state index >= 15 is 0 Å². The predicted molar refractivity (Wildman–Crippen MR) is 83.6 cm³/mol. The summed E-state index contributed by atoms with van der Waals surface area (Å²) in [5.74, 6) is -1.34. The molecular weight excluding hydrogens is 299 g/mol. The molecule has 1 aliphatic rings. The number of amides is 1. The minimum atomic E-state index is -0.878. The first-order valence-corrected chi connectivity index (χ1v) is 7.58. The number of aryl methyl sites for hydroxylation is 1. The Bertz CT molecular complexity index is 798. The van der Waals surface area contributed by atoms with Crippen LogP contribution in [0.25, 0.3) is 10.9 Å². The highest BCUT2D eigenvalue weighted by molar-refractivity contribution is 5.90. The molecule has 122 valence electrons. The predicted octanol–water partition coefficient (Wildman–Crippen LogP) is 2.48. The maximum atomic E-state index is 13.5. The molecule has 1 aromatic carbocycles. The summed E-state index contributed by atoms with van der Waals surface area (Å²) in [6.45, 7) is 4.18.